The van der Waals surface area contributed by atoms with Gasteiger partial charge in [0.25, 0.3) is 5.92 Å². The lowest BCUT2D eigenvalue weighted by atomic mass is 9.86. The van der Waals surface area contributed by atoms with E-state index in [0.29, 0.717) is 41.9 Å². The quantitative estimate of drug-likeness (QED) is 0.402. The molecular formula is C27H29F5N2O3. The Morgan fingerprint density at radius 3 is 2.49 bits per heavy atom. The maximum absolute atomic E-state index is 15.6. The van der Waals surface area contributed by atoms with Gasteiger partial charge in [0.05, 0.1) is 19.3 Å². The van der Waals surface area contributed by atoms with Gasteiger partial charge in [-0.15, -0.1) is 0 Å². The zero-order chi connectivity index (χ0) is 26.3. The first-order valence-corrected chi connectivity index (χ1v) is 12.4. The van der Waals surface area contributed by atoms with Crippen molar-refractivity contribution in [3.63, 3.8) is 0 Å². The van der Waals surface area contributed by atoms with Crippen molar-refractivity contribution in [2.75, 3.05) is 46.1 Å². The van der Waals surface area contributed by atoms with Crippen LogP contribution in [0, 0.1) is 17.6 Å². The molecule has 2 aliphatic heterocycles. The van der Waals surface area contributed by atoms with Crippen LogP contribution in [0.1, 0.15) is 29.9 Å². The second kappa shape index (κ2) is 10.2. The Labute approximate surface area is 211 Å². The fraction of sp³-hybridized carbons (Fsp3) is 0.481. The van der Waals surface area contributed by atoms with Crippen molar-refractivity contribution in [3.8, 4) is 5.75 Å². The van der Waals surface area contributed by atoms with E-state index in [1.807, 2.05) is 4.90 Å². The number of para-hydroxylation sites is 1. The molecule has 1 saturated heterocycles. The van der Waals surface area contributed by atoms with Gasteiger partial charge in [-0.1, -0.05) is 18.2 Å². The molecule has 5 nitrogen and oxygen atoms in total. The summed E-state index contributed by atoms with van der Waals surface area (Å²) >= 11 is 0. The zero-order valence-corrected chi connectivity index (χ0v) is 20.4. The van der Waals surface area contributed by atoms with Crippen LogP contribution in [0.2, 0.25) is 0 Å². The number of likely N-dealkylation sites (tertiary alicyclic amines) is 1. The highest BCUT2D eigenvalue weighted by Crippen LogP contribution is 2.46. The summed E-state index contributed by atoms with van der Waals surface area (Å²) in [5, 5.41) is 9.82. The van der Waals surface area contributed by atoms with Crippen LogP contribution in [0.5, 0.6) is 5.75 Å². The van der Waals surface area contributed by atoms with Gasteiger partial charge >= 0.3 is 0 Å². The van der Waals surface area contributed by atoms with Crippen LogP contribution in [0.4, 0.5) is 22.0 Å². The van der Waals surface area contributed by atoms with E-state index >= 15 is 8.78 Å². The molecule has 3 heterocycles. The minimum Gasteiger partial charge on any atom is -0.492 e. The van der Waals surface area contributed by atoms with E-state index in [1.54, 1.807) is 31.2 Å². The number of furan rings is 1. The lowest BCUT2D eigenvalue weighted by Gasteiger charge is -2.42. The molecule has 1 N–H and O–H groups in total. The fourth-order valence-corrected chi connectivity index (χ4v) is 5.40. The number of ether oxygens (including phenoxy) is 1. The largest absolute Gasteiger partial charge is 0.492 e. The van der Waals surface area contributed by atoms with E-state index in [9.17, 15) is 18.3 Å². The average molecular weight is 525 g/mol. The molecule has 2 aliphatic rings. The SMILES string of the molecule is C[C@@H]1Cc2oc3ccccc3c2[C@@H](c2c(F)cc(OCCN3CC(CF)C3)cc2F)N1CC(F)(F)CO. The molecule has 200 valence electrons. The maximum atomic E-state index is 15.6. The van der Waals surface area contributed by atoms with Crippen molar-refractivity contribution < 1.29 is 36.2 Å². The third kappa shape index (κ3) is 5.06. The highest BCUT2D eigenvalue weighted by Gasteiger charge is 2.44. The number of rotatable bonds is 9. The van der Waals surface area contributed by atoms with Crippen LogP contribution < -0.4 is 4.74 Å². The fourth-order valence-electron chi connectivity index (χ4n) is 5.40. The molecule has 0 radical (unpaired) electrons. The van der Waals surface area contributed by atoms with Crippen LogP contribution in [-0.4, -0.2) is 72.9 Å². The standard InChI is InChI=1S/C27H29F5N2O3/c1-16-8-23-24(19-4-2-3-5-22(19)37-23)26(34(16)14-27(31,32)15-35)25-20(29)9-18(10-21(25)30)36-7-6-33-12-17(11-28)13-33/h2-5,9-10,16-17,26,35H,6-8,11-15H2,1H3/t16-,26+/m1/s1. The van der Waals surface area contributed by atoms with E-state index in [4.69, 9.17) is 9.15 Å². The monoisotopic (exact) mass is 524 g/mol. The highest BCUT2D eigenvalue weighted by atomic mass is 19.3. The lowest BCUT2D eigenvalue weighted by Crippen LogP contribution is -2.49. The smallest absolute Gasteiger partial charge is 0.283 e. The van der Waals surface area contributed by atoms with Crippen LogP contribution in [0.15, 0.2) is 40.8 Å². The first-order chi connectivity index (χ1) is 17.7. The average Bonchev–Trinajstić information content (AvgIpc) is 3.19. The molecule has 0 aliphatic carbocycles. The Hall–Kier alpha value is -2.69. The summed E-state index contributed by atoms with van der Waals surface area (Å²) in [6.45, 7) is 0.952. The van der Waals surface area contributed by atoms with Crippen molar-refractivity contribution in [1.82, 2.24) is 9.80 Å². The van der Waals surface area contributed by atoms with E-state index in [1.165, 1.54) is 4.90 Å². The van der Waals surface area contributed by atoms with Gasteiger partial charge in [-0.05, 0) is 13.0 Å². The Balaban J connectivity index is 1.49. The zero-order valence-electron chi connectivity index (χ0n) is 20.4. The maximum Gasteiger partial charge on any atom is 0.283 e. The molecule has 1 aromatic heterocycles. The van der Waals surface area contributed by atoms with Gasteiger partial charge in [0, 0.05) is 66.7 Å². The van der Waals surface area contributed by atoms with E-state index < -0.39 is 42.8 Å². The molecule has 0 spiro atoms. The Morgan fingerprint density at radius 2 is 1.81 bits per heavy atom. The molecule has 1 fully saturated rings. The van der Waals surface area contributed by atoms with Gasteiger partial charge in [-0.25, -0.2) is 17.6 Å². The molecule has 37 heavy (non-hydrogen) atoms. The van der Waals surface area contributed by atoms with Gasteiger partial charge in [-0.2, -0.15) is 0 Å². The third-order valence-corrected chi connectivity index (χ3v) is 7.26. The number of nitrogens with zero attached hydrogens (tertiary/aromatic N) is 2. The predicted molar refractivity (Wildman–Crippen MR) is 128 cm³/mol. The summed E-state index contributed by atoms with van der Waals surface area (Å²) in [7, 11) is 0. The number of benzene rings is 2. The molecule has 2 atom stereocenters. The first kappa shape index (κ1) is 25.9. The van der Waals surface area contributed by atoms with E-state index in [0.717, 1.165) is 12.1 Å². The van der Waals surface area contributed by atoms with Crippen LogP contribution in [-0.2, 0) is 6.42 Å². The molecule has 10 heteroatoms. The van der Waals surface area contributed by atoms with Crippen LogP contribution in [0.25, 0.3) is 11.0 Å². The van der Waals surface area contributed by atoms with Crippen molar-refractivity contribution in [2.24, 2.45) is 5.92 Å². The summed E-state index contributed by atoms with van der Waals surface area (Å²) in [5.41, 5.74) is 0.560. The predicted octanol–water partition coefficient (Wildman–Crippen LogP) is 4.95. The number of aliphatic hydroxyl groups excluding tert-OH is 1. The number of halogens is 5. The molecule has 2 aromatic carbocycles. The minimum atomic E-state index is -3.47. The van der Waals surface area contributed by atoms with Gasteiger partial charge in [0.1, 0.15) is 41.9 Å². The number of hydrogen-bond acceptors (Lipinski definition) is 5. The number of aliphatic hydroxyl groups is 1. The molecule has 0 amide bonds. The van der Waals surface area contributed by atoms with E-state index in [2.05, 4.69) is 0 Å². The molecule has 0 bridgehead atoms. The van der Waals surface area contributed by atoms with E-state index in [-0.39, 0.29) is 36.9 Å². The first-order valence-electron chi connectivity index (χ1n) is 12.4. The minimum absolute atomic E-state index is 0.0188. The molecule has 3 aromatic rings. The summed E-state index contributed by atoms with van der Waals surface area (Å²) < 4.78 is 84.2. The Kier molecular flexibility index (Phi) is 7.17. The third-order valence-electron chi connectivity index (χ3n) is 7.26. The molecule has 0 saturated carbocycles. The lowest BCUT2D eigenvalue weighted by molar-refractivity contribution is -0.0871. The topological polar surface area (TPSA) is 49.1 Å². The summed E-state index contributed by atoms with van der Waals surface area (Å²) in [5.74, 6) is -4.83. The summed E-state index contributed by atoms with van der Waals surface area (Å²) in [6, 6.07) is 7.34. The molecular weight excluding hydrogens is 495 g/mol. The van der Waals surface area contributed by atoms with Crippen molar-refractivity contribution in [3.05, 3.63) is 64.9 Å². The second-order valence-electron chi connectivity index (χ2n) is 10.0. The Bertz CT molecular complexity index is 1240. The van der Waals surface area contributed by atoms with Gasteiger partial charge in [0.15, 0.2) is 0 Å². The molecule has 0 unspecified atom stereocenters. The van der Waals surface area contributed by atoms with Crippen LogP contribution >= 0.6 is 0 Å². The highest BCUT2D eigenvalue weighted by molar-refractivity contribution is 5.83. The second-order valence-corrected chi connectivity index (χ2v) is 10.0. The van der Waals surface area contributed by atoms with Gasteiger partial charge < -0.3 is 14.3 Å². The number of fused-ring (bicyclic) bond motifs is 3. The molecule has 5 rings (SSSR count). The van der Waals surface area contributed by atoms with Gasteiger partial charge in [-0.3, -0.25) is 14.2 Å². The van der Waals surface area contributed by atoms with Gasteiger partial charge in [0.2, 0.25) is 0 Å². The Morgan fingerprint density at radius 1 is 1.11 bits per heavy atom. The van der Waals surface area contributed by atoms with Crippen molar-refractivity contribution in [2.45, 2.75) is 31.4 Å². The normalized spacial score (nSPS) is 21.3. The summed E-state index contributed by atoms with van der Waals surface area (Å²) in [6.07, 6.45) is 0.270. The number of alkyl halides is 3. The van der Waals surface area contributed by atoms with Crippen LogP contribution in [0.3, 0.4) is 0 Å². The van der Waals surface area contributed by atoms with Crippen molar-refractivity contribution >= 4 is 11.0 Å². The summed E-state index contributed by atoms with van der Waals surface area (Å²) in [4.78, 5) is 3.31. The van der Waals surface area contributed by atoms with Crippen molar-refractivity contribution in [1.29, 1.82) is 0 Å². The number of hydrogen-bond donors (Lipinski definition) is 1.